The molecule has 0 unspecified atom stereocenters. The second kappa shape index (κ2) is 20.1. The second-order valence-electron chi connectivity index (χ2n) is 0. The summed E-state index contributed by atoms with van der Waals surface area (Å²) in [5.74, 6) is 0. The van der Waals surface area contributed by atoms with Crippen LogP contribution in [0.15, 0.2) is 0 Å². The van der Waals surface area contributed by atoms with Gasteiger partial charge in [-0.05, 0) is 11.0 Å². The summed E-state index contributed by atoms with van der Waals surface area (Å²) in [5.41, 5.74) is 0. The summed E-state index contributed by atoms with van der Waals surface area (Å²) >= 11 is 0. The molecule has 4 heteroatoms. The molecule has 0 fully saturated rings. The van der Waals surface area contributed by atoms with Crippen molar-refractivity contribution in [2.24, 2.45) is 0 Å². The Hall–Kier alpha value is 1.98. The van der Waals surface area contributed by atoms with E-state index in [0.717, 1.165) is 0 Å². The predicted molar refractivity (Wildman–Crippen MR) is 18.5 cm³/mol. The molecule has 4 heavy (non-hydrogen) atoms. The van der Waals surface area contributed by atoms with Gasteiger partial charge in [0.2, 0.25) is 0 Å². The SMILES string of the molecule is [AlH2].[Fe].[SiH3].[Ti]. The second-order valence-corrected chi connectivity index (χ2v) is 0. The standard InChI is InChI=1S/Al.Fe.H3Si.Ti.2H/h;;1H3;;;. The largest absolute Gasteiger partial charge is 0.146 e. The van der Waals surface area contributed by atoms with Gasteiger partial charge in [-0.25, -0.2) is 0 Å². The molecule has 0 aromatic rings. The van der Waals surface area contributed by atoms with E-state index in [2.05, 4.69) is 0 Å². The molecule has 0 spiro atoms. The van der Waals surface area contributed by atoms with E-state index in [4.69, 9.17) is 0 Å². The Morgan fingerprint density at radius 1 is 1.00 bits per heavy atom. The van der Waals surface area contributed by atoms with Crippen LogP contribution >= 0.6 is 0 Å². The first-order valence-corrected chi connectivity index (χ1v) is 0. The maximum Gasteiger partial charge on any atom is 0.146 e. The zero-order valence-corrected chi connectivity index (χ0v) is 9.52. The smallest absolute Gasteiger partial charge is 0.0125 e. The Kier molecular flexibility index (Phi) is 190. The van der Waals surface area contributed by atoms with Crippen LogP contribution in [-0.2, 0) is 38.8 Å². The van der Waals surface area contributed by atoms with Gasteiger partial charge in [0.15, 0.2) is 0 Å². The fourth-order valence-corrected chi connectivity index (χ4v) is 0. The minimum Gasteiger partial charge on any atom is -0.0125 e. The quantitative estimate of drug-likeness (QED) is 0.359. The third-order valence-electron chi connectivity index (χ3n) is 0. The first kappa shape index (κ1) is 37.8. The number of hydrogen-bond donors (Lipinski definition) is 0. The van der Waals surface area contributed by atoms with Crippen LogP contribution in [0.3, 0.4) is 0 Å². The van der Waals surface area contributed by atoms with Crippen LogP contribution in [0.4, 0.5) is 0 Å². The van der Waals surface area contributed by atoms with Crippen molar-refractivity contribution in [3.63, 3.8) is 0 Å². The fourth-order valence-electron chi connectivity index (χ4n) is 0. The molecule has 0 aliphatic rings. The third kappa shape index (κ3) is 9.01. The average Bonchev–Trinajstić information content (AvgIpc) is 0. The Balaban J connectivity index is 0. The van der Waals surface area contributed by atoms with Crippen molar-refractivity contribution in [2.45, 2.75) is 0 Å². The Bertz CT molecular complexity index is 8.00. The molecular formula is H5AlFeSiTi. The summed E-state index contributed by atoms with van der Waals surface area (Å²) in [6.07, 6.45) is 0. The molecule has 0 bridgehead atoms. The van der Waals surface area contributed by atoms with Crippen molar-refractivity contribution >= 4 is 28.3 Å². The van der Waals surface area contributed by atoms with Crippen LogP contribution in [-0.4, -0.2) is 28.3 Å². The van der Waals surface area contributed by atoms with Gasteiger partial charge in [-0.15, -0.1) is 0 Å². The van der Waals surface area contributed by atoms with Crippen molar-refractivity contribution in [3.8, 4) is 0 Å². The van der Waals surface area contributed by atoms with E-state index >= 15 is 0 Å². The molecule has 0 saturated heterocycles. The first-order valence-electron chi connectivity index (χ1n) is 0. The molecule has 0 aromatic heterocycles. The molecule has 0 N–H and O–H groups in total. The van der Waals surface area contributed by atoms with Crippen LogP contribution in [0.25, 0.3) is 0 Å². The van der Waals surface area contributed by atoms with Crippen LogP contribution in [0.5, 0.6) is 0 Å². The predicted octanol–water partition coefficient (Wildman–Crippen LogP) is -2.11. The maximum atomic E-state index is 0. The van der Waals surface area contributed by atoms with Crippen molar-refractivity contribution in [2.75, 3.05) is 0 Å². The molecule has 0 heterocycles. The topological polar surface area (TPSA) is 0 Å². The van der Waals surface area contributed by atoms with Crippen molar-refractivity contribution < 1.29 is 38.8 Å². The minimum absolute atomic E-state index is 0. The first-order chi connectivity index (χ1) is 0. The number of rotatable bonds is 0. The van der Waals surface area contributed by atoms with Gasteiger partial charge in [0.25, 0.3) is 0 Å². The van der Waals surface area contributed by atoms with Crippen molar-refractivity contribution in [1.29, 1.82) is 0 Å². The van der Waals surface area contributed by atoms with E-state index in [9.17, 15) is 0 Å². The van der Waals surface area contributed by atoms with Gasteiger partial charge < -0.3 is 0 Å². The van der Waals surface area contributed by atoms with Crippen molar-refractivity contribution in [1.82, 2.24) is 0 Å². The van der Waals surface area contributed by atoms with E-state index < -0.39 is 0 Å². The van der Waals surface area contributed by atoms with Crippen molar-refractivity contribution in [3.05, 3.63) is 0 Å². The molecule has 0 nitrogen and oxygen atoms in total. The molecule has 24 valence electrons. The Morgan fingerprint density at radius 3 is 1.00 bits per heavy atom. The van der Waals surface area contributed by atoms with Crippen LogP contribution in [0.1, 0.15) is 0 Å². The van der Waals surface area contributed by atoms with Crippen LogP contribution in [0, 0.1) is 0 Å². The zero-order chi connectivity index (χ0) is 0. The third-order valence-corrected chi connectivity index (χ3v) is 0. The summed E-state index contributed by atoms with van der Waals surface area (Å²) in [7, 11) is 0. The van der Waals surface area contributed by atoms with Gasteiger partial charge in [-0.1, -0.05) is 0 Å². The maximum absolute atomic E-state index is 0. The van der Waals surface area contributed by atoms with Gasteiger partial charge in [0, 0.05) is 38.8 Å². The van der Waals surface area contributed by atoms with Gasteiger partial charge in [-0.3, -0.25) is 0 Å². The molecular weight excluding hydrogens is 159 g/mol. The fraction of sp³-hybridized carbons (Fsp3) is 0. The Morgan fingerprint density at radius 2 is 1.00 bits per heavy atom. The summed E-state index contributed by atoms with van der Waals surface area (Å²) < 4.78 is 0. The molecule has 0 saturated carbocycles. The molecule has 2 radical (unpaired) electrons. The molecule has 0 atom stereocenters. The van der Waals surface area contributed by atoms with E-state index in [1.807, 2.05) is 0 Å². The molecule has 0 aliphatic heterocycles. The summed E-state index contributed by atoms with van der Waals surface area (Å²) in [4.78, 5) is 0. The zero-order valence-electron chi connectivity index (χ0n) is 2.85. The molecule has 0 aliphatic carbocycles. The van der Waals surface area contributed by atoms with E-state index in [-0.39, 0.29) is 67.1 Å². The molecule has 0 rings (SSSR count). The Labute approximate surface area is 66.6 Å². The van der Waals surface area contributed by atoms with Gasteiger partial charge >= 0.3 is 0 Å². The molecule has 0 aromatic carbocycles. The summed E-state index contributed by atoms with van der Waals surface area (Å²) in [6.45, 7) is 0. The van der Waals surface area contributed by atoms with Gasteiger partial charge in [-0.2, -0.15) is 0 Å². The summed E-state index contributed by atoms with van der Waals surface area (Å²) in [6, 6.07) is 0. The average molecular weight is 164 g/mol. The van der Waals surface area contributed by atoms with E-state index in [0.29, 0.717) is 0 Å². The minimum atomic E-state index is 0. The normalized spacial score (nSPS) is 0. The van der Waals surface area contributed by atoms with Gasteiger partial charge in [0.05, 0.1) is 0 Å². The summed E-state index contributed by atoms with van der Waals surface area (Å²) in [5, 5.41) is 0. The van der Waals surface area contributed by atoms with Gasteiger partial charge in [0.1, 0.15) is 17.4 Å². The monoisotopic (exact) mass is 164 g/mol. The van der Waals surface area contributed by atoms with E-state index in [1.54, 1.807) is 0 Å². The van der Waals surface area contributed by atoms with Crippen LogP contribution < -0.4 is 0 Å². The number of hydrogen-bond acceptors (Lipinski definition) is 0. The molecule has 0 amide bonds. The van der Waals surface area contributed by atoms with Crippen LogP contribution in [0.2, 0.25) is 0 Å². The van der Waals surface area contributed by atoms with E-state index in [1.165, 1.54) is 0 Å².